The van der Waals surface area contributed by atoms with Gasteiger partial charge in [-0.1, -0.05) is 54.9 Å². The molecule has 0 spiro atoms. The fourth-order valence-corrected chi connectivity index (χ4v) is 7.67. The molecule has 0 heterocycles. The van der Waals surface area contributed by atoms with Crippen LogP contribution in [0.4, 0.5) is 0 Å². The lowest BCUT2D eigenvalue weighted by Gasteiger charge is -2.50. The smallest absolute Gasteiger partial charge is 0.192 e. The maximum atomic E-state index is 9.87. The molecule has 0 amide bonds. The Bertz CT molecular complexity index is 665. The van der Waals surface area contributed by atoms with E-state index in [9.17, 15) is 5.26 Å². The fourth-order valence-electron chi connectivity index (χ4n) is 6.27. The van der Waals surface area contributed by atoms with Gasteiger partial charge in [0.15, 0.2) is 14.6 Å². The van der Waals surface area contributed by atoms with E-state index in [0.29, 0.717) is 18.6 Å². The topological polar surface area (TPSA) is 51.5 Å². The molecular formula is C26H49NO3Si. The molecule has 6 atom stereocenters. The standard InChI is InChI=1S/C26H49NO3Si/c1-12-28-19(2)29-20(18-27)16-25(8)17-21-22(30-31(10,11)23(3,4)5)14-13-15-26(25,9)24(21,6)7/h19-22H,12-17H2,1-11H3/t19-,20-,21+,22-,25-,26-/m1/s1. The average molecular weight is 452 g/mol. The molecule has 0 radical (unpaired) electrons. The molecule has 2 rings (SSSR count). The van der Waals surface area contributed by atoms with Gasteiger partial charge in [0.05, 0.1) is 6.07 Å². The summed E-state index contributed by atoms with van der Waals surface area (Å²) in [5, 5.41) is 10.1. The highest BCUT2D eigenvalue weighted by atomic mass is 28.4. The molecule has 0 unspecified atom stereocenters. The van der Waals surface area contributed by atoms with Crippen molar-refractivity contribution in [3.63, 3.8) is 0 Å². The van der Waals surface area contributed by atoms with Crippen LogP contribution in [0.3, 0.4) is 0 Å². The van der Waals surface area contributed by atoms with Crippen LogP contribution in [-0.4, -0.2) is 33.4 Å². The van der Waals surface area contributed by atoms with Gasteiger partial charge in [-0.25, -0.2) is 0 Å². The lowest BCUT2D eigenvalue weighted by molar-refractivity contribution is -0.156. The summed E-state index contributed by atoms with van der Waals surface area (Å²) in [7, 11) is -1.85. The first kappa shape index (κ1) is 26.8. The molecule has 5 heteroatoms. The molecule has 4 nitrogen and oxygen atoms in total. The number of hydrogen-bond donors (Lipinski definition) is 0. The largest absolute Gasteiger partial charge is 0.414 e. The molecule has 2 saturated carbocycles. The van der Waals surface area contributed by atoms with E-state index in [1.807, 2.05) is 13.8 Å². The Morgan fingerprint density at radius 2 is 1.77 bits per heavy atom. The molecule has 2 aliphatic carbocycles. The van der Waals surface area contributed by atoms with E-state index in [4.69, 9.17) is 13.9 Å². The molecular weight excluding hydrogens is 402 g/mol. The van der Waals surface area contributed by atoms with Crippen molar-refractivity contribution in [1.29, 1.82) is 5.26 Å². The van der Waals surface area contributed by atoms with Crippen molar-refractivity contribution in [1.82, 2.24) is 0 Å². The van der Waals surface area contributed by atoms with Crippen LogP contribution in [0, 0.1) is 33.5 Å². The SMILES string of the molecule is CCO[C@@H](C)O[C@@H](C#N)C[C@]1(C)C[C@H]2[C@H](O[Si](C)(C)C(C)(C)C)CCC[C@]1(C)C2(C)C. The fraction of sp³-hybridized carbons (Fsp3) is 0.962. The Hall–Kier alpha value is -0.413. The van der Waals surface area contributed by atoms with Crippen molar-refractivity contribution < 1.29 is 13.9 Å². The van der Waals surface area contributed by atoms with Crippen molar-refractivity contribution >= 4 is 8.32 Å². The number of ether oxygens (including phenoxy) is 2. The zero-order chi connectivity index (χ0) is 23.9. The van der Waals surface area contributed by atoms with Crippen molar-refractivity contribution in [3.8, 4) is 6.07 Å². The minimum Gasteiger partial charge on any atom is -0.414 e. The van der Waals surface area contributed by atoms with E-state index in [-0.39, 0.29) is 27.6 Å². The second kappa shape index (κ2) is 9.09. The second-order valence-corrected chi connectivity index (χ2v) is 17.5. The lowest BCUT2D eigenvalue weighted by atomic mass is 9.55. The summed E-state index contributed by atoms with van der Waals surface area (Å²) in [5.41, 5.74) is 0.323. The monoisotopic (exact) mass is 451 g/mol. The Morgan fingerprint density at radius 1 is 1.16 bits per heavy atom. The summed E-state index contributed by atoms with van der Waals surface area (Å²) < 4.78 is 18.6. The molecule has 0 N–H and O–H groups in total. The van der Waals surface area contributed by atoms with Crippen LogP contribution in [0.5, 0.6) is 0 Å². The molecule has 2 bridgehead atoms. The van der Waals surface area contributed by atoms with E-state index in [1.165, 1.54) is 12.8 Å². The first-order chi connectivity index (χ1) is 14.0. The summed E-state index contributed by atoms with van der Waals surface area (Å²) in [6, 6.07) is 2.43. The van der Waals surface area contributed by atoms with Crippen LogP contribution in [0.2, 0.25) is 18.1 Å². The van der Waals surface area contributed by atoms with Gasteiger partial charge >= 0.3 is 0 Å². The third-order valence-electron chi connectivity index (χ3n) is 9.76. The van der Waals surface area contributed by atoms with E-state index >= 15 is 0 Å². The Kier molecular flexibility index (Phi) is 7.87. The molecule has 0 aromatic heterocycles. The maximum Gasteiger partial charge on any atom is 0.192 e. The molecule has 180 valence electrons. The van der Waals surface area contributed by atoms with Gasteiger partial charge in [0.2, 0.25) is 0 Å². The molecule has 2 aliphatic rings. The van der Waals surface area contributed by atoms with Crippen LogP contribution in [0.1, 0.15) is 94.4 Å². The zero-order valence-corrected chi connectivity index (χ0v) is 23.2. The van der Waals surface area contributed by atoms with Crippen LogP contribution in [0.25, 0.3) is 0 Å². The summed E-state index contributed by atoms with van der Waals surface area (Å²) in [6.07, 6.45) is 4.90. The average Bonchev–Trinajstić information content (AvgIpc) is 2.70. The normalized spacial score (nSPS) is 35.3. The van der Waals surface area contributed by atoms with Crippen LogP contribution in [-0.2, 0) is 13.9 Å². The van der Waals surface area contributed by atoms with Crippen molar-refractivity contribution in [2.75, 3.05) is 6.61 Å². The second-order valence-electron chi connectivity index (χ2n) is 12.7. The third kappa shape index (κ3) is 4.93. The first-order valence-electron chi connectivity index (χ1n) is 12.4. The van der Waals surface area contributed by atoms with Crippen molar-refractivity contribution in [2.45, 2.75) is 131 Å². The van der Waals surface area contributed by atoms with E-state index < -0.39 is 14.4 Å². The van der Waals surface area contributed by atoms with Gasteiger partial charge in [-0.05, 0) is 79.8 Å². The predicted octanol–water partition coefficient (Wildman–Crippen LogP) is 7.30. The molecule has 0 saturated heterocycles. The van der Waals surface area contributed by atoms with Gasteiger partial charge in [-0.2, -0.15) is 5.26 Å². The van der Waals surface area contributed by atoms with Crippen molar-refractivity contribution in [2.24, 2.45) is 22.2 Å². The van der Waals surface area contributed by atoms with E-state index in [0.717, 1.165) is 19.3 Å². The minimum atomic E-state index is -1.85. The number of nitrogens with zero attached hydrogens (tertiary/aromatic N) is 1. The minimum absolute atomic E-state index is 0.0307. The first-order valence-corrected chi connectivity index (χ1v) is 15.3. The quantitative estimate of drug-likeness (QED) is 0.287. The Morgan fingerprint density at radius 3 is 2.29 bits per heavy atom. The molecule has 0 aliphatic heterocycles. The van der Waals surface area contributed by atoms with E-state index in [1.54, 1.807) is 0 Å². The van der Waals surface area contributed by atoms with E-state index in [2.05, 4.69) is 67.6 Å². The summed E-state index contributed by atoms with van der Waals surface area (Å²) in [5.74, 6) is 0.503. The summed E-state index contributed by atoms with van der Waals surface area (Å²) in [6.45, 7) is 26.0. The Labute approximate surface area is 193 Å². The number of fused-ring (bicyclic) bond motifs is 2. The highest BCUT2D eigenvalue weighted by Crippen LogP contribution is 2.71. The van der Waals surface area contributed by atoms with Gasteiger partial charge in [-0.15, -0.1) is 0 Å². The molecule has 0 aromatic carbocycles. The zero-order valence-electron chi connectivity index (χ0n) is 22.2. The van der Waals surface area contributed by atoms with Crippen LogP contribution < -0.4 is 0 Å². The molecule has 31 heavy (non-hydrogen) atoms. The highest BCUT2D eigenvalue weighted by Gasteiger charge is 2.66. The molecule has 2 fully saturated rings. The van der Waals surface area contributed by atoms with Gasteiger partial charge < -0.3 is 13.9 Å². The van der Waals surface area contributed by atoms with Crippen LogP contribution >= 0.6 is 0 Å². The number of nitriles is 1. The van der Waals surface area contributed by atoms with Crippen molar-refractivity contribution in [3.05, 3.63) is 0 Å². The van der Waals surface area contributed by atoms with Gasteiger partial charge in [0.25, 0.3) is 0 Å². The van der Waals surface area contributed by atoms with Gasteiger partial charge in [0.1, 0.15) is 6.10 Å². The Balaban J connectivity index is 2.33. The summed E-state index contributed by atoms with van der Waals surface area (Å²) >= 11 is 0. The maximum absolute atomic E-state index is 9.87. The van der Waals surface area contributed by atoms with Gasteiger partial charge in [0, 0.05) is 12.7 Å². The summed E-state index contributed by atoms with van der Waals surface area (Å²) in [4.78, 5) is 0. The highest BCUT2D eigenvalue weighted by molar-refractivity contribution is 6.74. The number of rotatable bonds is 8. The molecule has 0 aromatic rings. The van der Waals surface area contributed by atoms with Crippen LogP contribution in [0.15, 0.2) is 0 Å². The lowest BCUT2D eigenvalue weighted by Crippen LogP contribution is -2.47. The van der Waals surface area contributed by atoms with Gasteiger partial charge in [-0.3, -0.25) is 0 Å². The number of hydrogen-bond acceptors (Lipinski definition) is 4. The predicted molar refractivity (Wildman–Crippen MR) is 130 cm³/mol. The third-order valence-corrected chi connectivity index (χ3v) is 14.3.